The van der Waals surface area contributed by atoms with Gasteiger partial charge in [0.1, 0.15) is 0 Å². The number of aromatic nitrogens is 1. The summed E-state index contributed by atoms with van der Waals surface area (Å²) in [5.74, 6) is 0. The van der Waals surface area contributed by atoms with Crippen LogP contribution >= 0.6 is 11.6 Å². The van der Waals surface area contributed by atoms with Crippen LogP contribution < -0.4 is 10.6 Å². The van der Waals surface area contributed by atoms with Crippen LogP contribution in [-0.2, 0) is 13.0 Å². The van der Waals surface area contributed by atoms with Crippen LogP contribution in [0.2, 0.25) is 5.02 Å². The van der Waals surface area contributed by atoms with E-state index in [4.69, 9.17) is 17.3 Å². The van der Waals surface area contributed by atoms with E-state index in [-0.39, 0.29) is 0 Å². The Kier molecular flexibility index (Phi) is 2.84. The number of nitrogens with zero attached hydrogens (tertiary/aromatic N) is 2. The normalized spacial score (nSPS) is 14.4. The molecule has 4 heteroatoms. The standard InChI is InChI=1S/C14H14ClN3/c15-13-8-17-5-3-14(13)18-6-4-10-1-2-12(16)7-11(10)9-18/h1-3,5,7-8H,4,6,9,16H2. The van der Waals surface area contributed by atoms with E-state index >= 15 is 0 Å². The molecule has 0 saturated heterocycles. The van der Waals surface area contributed by atoms with Crippen molar-refractivity contribution in [3.63, 3.8) is 0 Å². The third kappa shape index (κ3) is 2.02. The molecule has 2 N–H and O–H groups in total. The molecule has 3 nitrogen and oxygen atoms in total. The van der Waals surface area contributed by atoms with Crippen LogP contribution in [0.1, 0.15) is 11.1 Å². The van der Waals surface area contributed by atoms with E-state index in [1.165, 1.54) is 11.1 Å². The Labute approximate surface area is 111 Å². The number of benzene rings is 1. The smallest absolute Gasteiger partial charge is 0.0822 e. The first-order chi connectivity index (χ1) is 8.74. The van der Waals surface area contributed by atoms with E-state index in [2.05, 4.69) is 22.0 Å². The second-order valence-electron chi connectivity index (χ2n) is 4.53. The predicted molar refractivity (Wildman–Crippen MR) is 74.9 cm³/mol. The molecule has 0 fully saturated rings. The Balaban J connectivity index is 1.93. The Morgan fingerprint density at radius 3 is 2.94 bits per heavy atom. The third-order valence-corrected chi connectivity index (χ3v) is 3.63. The highest BCUT2D eigenvalue weighted by molar-refractivity contribution is 6.33. The maximum Gasteiger partial charge on any atom is 0.0822 e. The Morgan fingerprint density at radius 1 is 1.22 bits per heavy atom. The third-order valence-electron chi connectivity index (χ3n) is 3.33. The number of rotatable bonds is 1. The van der Waals surface area contributed by atoms with E-state index in [1.54, 1.807) is 12.4 Å². The highest BCUT2D eigenvalue weighted by Gasteiger charge is 2.18. The predicted octanol–water partition coefficient (Wildman–Crippen LogP) is 2.88. The maximum absolute atomic E-state index is 6.19. The molecule has 0 saturated carbocycles. The summed E-state index contributed by atoms with van der Waals surface area (Å²) in [6, 6.07) is 8.10. The zero-order chi connectivity index (χ0) is 12.5. The largest absolute Gasteiger partial charge is 0.399 e. The molecular formula is C14H14ClN3. The van der Waals surface area contributed by atoms with Crippen molar-refractivity contribution in [3.8, 4) is 0 Å². The van der Waals surface area contributed by atoms with Gasteiger partial charge in [0.2, 0.25) is 0 Å². The molecule has 1 aromatic carbocycles. The zero-order valence-electron chi connectivity index (χ0n) is 9.94. The van der Waals surface area contributed by atoms with Gasteiger partial charge in [0, 0.05) is 31.2 Å². The fraction of sp³-hybridized carbons (Fsp3) is 0.214. The molecule has 18 heavy (non-hydrogen) atoms. The number of halogens is 1. The maximum atomic E-state index is 6.19. The minimum absolute atomic E-state index is 0.699. The van der Waals surface area contributed by atoms with Crippen molar-refractivity contribution in [2.24, 2.45) is 0 Å². The van der Waals surface area contributed by atoms with E-state index in [0.29, 0.717) is 5.02 Å². The zero-order valence-corrected chi connectivity index (χ0v) is 10.7. The lowest BCUT2D eigenvalue weighted by molar-refractivity contribution is 0.731. The molecule has 0 spiro atoms. The summed E-state index contributed by atoms with van der Waals surface area (Å²) in [6.45, 7) is 1.82. The molecule has 0 atom stereocenters. The molecule has 92 valence electrons. The lowest BCUT2D eigenvalue weighted by atomic mass is 9.99. The Morgan fingerprint density at radius 2 is 2.11 bits per heavy atom. The first kappa shape index (κ1) is 11.4. The molecule has 1 aliphatic rings. The topological polar surface area (TPSA) is 42.1 Å². The number of nitrogens with two attached hydrogens (primary N) is 1. The number of hydrogen-bond acceptors (Lipinski definition) is 3. The fourth-order valence-electron chi connectivity index (χ4n) is 2.41. The first-order valence-electron chi connectivity index (χ1n) is 5.96. The van der Waals surface area contributed by atoms with Gasteiger partial charge in [-0.15, -0.1) is 0 Å². The molecule has 2 aromatic rings. The summed E-state index contributed by atoms with van der Waals surface area (Å²) in [7, 11) is 0. The van der Waals surface area contributed by atoms with Crippen LogP contribution in [-0.4, -0.2) is 11.5 Å². The van der Waals surface area contributed by atoms with Gasteiger partial charge < -0.3 is 10.6 Å². The van der Waals surface area contributed by atoms with Crippen LogP contribution in [0, 0.1) is 0 Å². The van der Waals surface area contributed by atoms with Crippen LogP contribution in [0.3, 0.4) is 0 Å². The second kappa shape index (κ2) is 4.50. The van der Waals surface area contributed by atoms with Crippen molar-refractivity contribution in [2.75, 3.05) is 17.2 Å². The lowest BCUT2D eigenvalue weighted by Gasteiger charge is -2.31. The van der Waals surface area contributed by atoms with Gasteiger partial charge in [-0.1, -0.05) is 17.7 Å². The fourth-order valence-corrected chi connectivity index (χ4v) is 2.65. The number of hydrogen-bond donors (Lipinski definition) is 1. The van der Waals surface area contributed by atoms with Crippen LogP contribution in [0.25, 0.3) is 0 Å². The van der Waals surface area contributed by atoms with Gasteiger partial charge in [-0.25, -0.2) is 0 Å². The summed E-state index contributed by atoms with van der Waals surface area (Å²) >= 11 is 6.19. The number of fused-ring (bicyclic) bond motifs is 1. The van der Waals surface area contributed by atoms with Gasteiger partial charge in [0.15, 0.2) is 0 Å². The SMILES string of the molecule is Nc1ccc2c(c1)CN(c1ccncc1Cl)CC2. The van der Waals surface area contributed by atoms with Crippen molar-refractivity contribution in [1.82, 2.24) is 4.98 Å². The molecular weight excluding hydrogens is 246 g/mol. The van der Waals surface area contributed by atoms with Crippen molar-refractivity contribution in [2.45, 2.75) is 13.0 Å². The molecule has 2 heterocycles. The van der Waals surface area contributed by atoms with Crippen LogP contribution in [0.4, 0.5) is 11.4 Å². The molecule has 0 amide bonds. The van der Waals surface area contributed by atoms with Gasteiger partial charge in [-0.3, -0.25) is 4.98 Å². The molecule has 1 aliphatic heterocycles. The quantitative estimate of drug-likeness (QED) is 0.801. The van der Waals surface area contributed by atoms with Gasteiger partial charge in [0.05, 0.1) is 10.7 Å². The summed E-state index contributed by atoms with van der Waals surface area (Å²) in [5.41, 5.74) is 10.4. The van der Waals surface area contributed by atoms with E-state index in [0.717, 1.165) is 30.9 Å². The minimum atomic E-state index is 0.699. The van der Waals surface area contributed by atoms with Gasteiger partial charge in [-0.05, 0) is 35.7 Å². The minimum Gasteiger partial charge on any atom is -0.399 e. The average molecular weight is 260 g/mol. The summed E-state index contributed by atoms with van der Waals surface area (Å²) in [6.07, 6.45) is 4.48. The Hall–Kier alpha value is -1.74. The molecule has 0 unspecified atom stereocenters. The summed E-state index contributed by atoms with van der Waals surface area (Å²) in [5, 5.41) is 0.699. The van der Waals surface area contributed by atoms with Crippen LogP contribution in [0.15, 0.2) is 36.7 Å². The second-order valence-corrected chi connectivity index (χ2v) is 4.93. The number of pyridine rings is 1. The summed E-state index contributed by atoms with van der Waals surface area (Å²) in [4.78, 5) is 6.29. The van der Waals surface area contributed by atoms with Gasteiger partial charge >= 0.3 is 0 Å². The number of nitrogen functional groups attached to an aromatic ring is 1. The van der Waals surface area contributed by atoms with Crippen molar-refractivity contribution in [3.05, 3.63) is 52.8 Å². The molecule has 0 bridgehead atoms. The van der Waals surface area contributed by atoms with E-state index in [9.17, 15) is 0 Å². The Bertz CT molecular complexity index is 583. The van der Waals surface area contributed by atoms with Crippen molar-refractivity contribution >= 4 is 23.0 Å². The van der Waals surface area contributed by atoms with Gasteiger partial charge in [0.25, 0.3) is 0 Å². The number of anilines is 2. The highest BCUT2D eigenvalue weighted by Crippen LogP contribution is 2.30. The van der Waals surface area contributed by atoms with Crippen LogP contribution in [0.5, 0.6) is 0 Å². The summed E-state index contributed by atoms with van der Waals surface area (Å²) < 4.78 is 0. The lowest BCUT2D eigenvalue weighted by Crippen LogP contribution is -2.30. The molecule has 1 aromatic heterocycles. The van der Waals surface area contributed by atoms with Crippen molar-refractivity contribution in [1.29, 1.82) is 0 Å². The van der Waals surface area contributed by atoms with E-state index in [1.807, 2.05) is 12.1 Å². The molecule has 0 radical (unpaired) electrons. The molecule has 0 aliphatic carbocycles. The highest BCUT2D eigenvalue weighted by atomic mass is 35.5. The average Bonchev–Trinajstić information content (AvgIpc) is 2.38. The monoisotopic (exact) mass is 259 g/mol. The van der Waals surface area contributed by atoms with E-state index < -0.39 is 0 Å². The van der Waals surface area contributed by atoms with Gasteiger partial charge in [-0.2, -0.15) is 0 Å². The van der Waals surface area contributed by atoms with Crippen molar-refractivity contribution < 1.29 is 0 Å². The molecule has 3 rings (SSSR count). The first-order valence-corrected chi connectivity index (χ1v) is 6.33.